The maximum Gasteiger partial charge on any atom is 0.0483 e. The van der Waals surface area contributed by atoms with E-state index in [1.807, 2.05) is 25.3 Å². The fraction of sp³-hybridized carbons (Fsp3) is 0.312. The summed E-state index contributed by atoms with van der Waals surface area (Å²) in [5.41, 5.74) is 3.49. The zero-order valence-electron chi connectivity index (χ0n) is 11.4. The van der Waals surface area contributed by atoms with Crippen LogP contribution in [0, 0.1) is 6.92 Å². The van der Waals surface area contributed by atoms with Crippen molar-refractivity contribution in [3.05, 3.63) is 64.4 Å². The molecule has 0 radical (unpaired) electrons. The van der Waals surface area contributed by atoms with Gasteiger partial charge in [-0.15, -0.1) is 0 Å². The van der Waals surface area contributed by atoms with Crippen LogP contribution in [0.1, 0.15) is 29.7 Å². The first kappa shape index (κ1) is 14.0. The summed E-state index contributed by atoms with van der Waals surface area (Å²) in [7, 11) is 0. The van der Waals surface area contributed by atoms with Gasteiger partial charge >= 0.3 is 0 Å². The highest BCUT2D eigenvalue weighted by Gasteiger charge is 2.15. The van der Waals surface area contributed by atoms with Gasteiger partial charge in [0.2, 0.25) is 0 Å². The Labute approximate surface area is 119 Å². The largest absolute Gasteiger partial charge is 0.310 e. The smallest absolute Gasteiger partial charge is 0.0483 e. The maximum absolute atomic E-state index is 6.43. The number of hydrogen-bond donors (Lipinski definition) is 1. The molecule has 0 bridgehead atoms. The van der Waals surface area contributed by atoms with E-state index in [0.29, 0.717) is 0 Å². The van der Waals surface area contributed by atoms with Crippen LogP contribution in [0.25, 0.3) is 0 Å². The minimum absolute atomic E-state index is 0.224. The predicted molar refractivity (Wildman–Crippen MR) is 80.5 cm³/mol. The van der Waals surface area contributed by atoms with Gasteiger partial charge in [-0.1, -0.05) is 42.8 Å². The number of aromatic nitrogens is 1. The van der Waals surface area contributed by atoms with E-state index in [9.17, 15) is 0 Å². The van der Waals surface area contributed by atoms with E-state index in [-0.39, 0.29) is 6.04 Å². The number of hydrogen-bond acceptors (Lipinski definition) is 2. The second-order valence-electron chi connectivity index (χ2n) is 4.65. The highest BCUT2D eigenvalue weighted by atomic mass is 35.5. The van der Waals surface area contributed by atoms with Crippen LogP contribution in [0.2, 0.25) is 5.02 Å². The Balaban J connectivity index is 2.27. The molecule has 2 aromatic rings. The van der Waals surface area contributed by atoms with E-state index in [4.69, 9.17) is 11.6 Å². The molecule has 0 aliphatic heterocycles. The summed E-state index contributed by atoms with van der Waals surface area (Å²) in [4.78, 5) is 4.17. The molecule has 19 heavy (non-hydrogen) atoms. The van der Waals surface area contributed by atoms with Gasteiger partial charge in [0.25, 0.3) is 0 Å². The maximum atomic E-state index is 6.43. The van der Waals surface area contributed by atoms with Crippen LogP contribution in [-0.2, 0) is 6.42 Å². The third-order valence-corrected chi connectivity index (χ3v) is 3.73. The van der Waals surface area contributed by atoms with Gasteiger partial charge in [0, 0.05) is 23.5 Å². The summed E-state index contributed by atoms with van der Waals surface area (Å²) in [6.07, 6.45) is 4.60. The van der Waals surface area contributed by atoms with Gasteiger partial charge in [-0.2, -0.15) is 0 Å². The Hall–Kier alpha value is -1.38. The van der Waals surface area contributed by atoms with Gasteiger partial charge in [-0.3, -0.25) is 4.98 Å². The van der Waals surface area contributed by atoms with E-state index in [1.165, 1.54) is 5.56 Å². The Bertz CT molecular complexity index is 526. The molecule has 3 heteroatoms. The number of aryl methyl sites for hydroxylation is 1. The van der Waals surface area contributed by atoms with Crippen molar-refractivity contribution >= 4 is 11.6 Å². The molecule has 1 heterocycles. The van der Waals surface area contributed by atoms with Crippen LogP contribution in [0.15, 0.2) is 42.7 Å². The summed E-state index contributed by atoms with van der Waals surface area (Å²) in [6, 6.07) is 10.5. The Morgan fingerprint density at radius 3 is 2.79 bits per heavy atom. The first-order chi connectivity index (χ1) is 9.22. The molecule has 1 aromatic heterocycles. The summed E-state index contributed by atoms with van der Waals surface area (Å²) in [5, 5.41) is 4.36. The Kier molecular flexibility index (Phi) is 4.94. The average molecular weight is 275 g/mol. The molecule has 0 saturated carbocycles. The molecule has 2 nitrogen and oxygen atoms in total. The van der Waals surface area contributed by atoms with Gasteiger partial charge in [0.1, 0.15) is 0 Å². The molecular weight excluding hydrogens is 256 g/mol. The molecular formula is C16H19ClN2. The Morgan fingerprint density at radius 1 is 1.26 bits per heavy atom. The SMILES string of the molecule is CCNC(Cc1cccnc1)c1cccc(C)c1Cl. The van der Waals surface area contributed by atoms with Crippen LogP contribution < -0.4 is 5.32 Å². The van der Waals surface area contributed by atoms with Gasteiger partial charge in [0.15, 0.2) is 0 Å². The average Bonchev–Trinajstić information content (AvgIpc) is 2.43. The molecule has 1 N–H and O–H groups in total. The van der Waals surface area contributed by atoms with E-state index in [0.717, 1.165) is 29.1 Å². The normalized spacial score (nSPS) is 12.4. The number of nitrogens with zero attached hydrogens (tertiary/aromatic N) is 1. The topological polar surface area (TPSA) is 24.9 Å². The fourth-order valence-electron chi connectivity index (χ4n) is 2.23. The number of likely N-dealkylation sites (N-methyl/N-ethyl adjacent to an activating group) is 1. The first-order valence-electron chi connectivity index (χ1n) is 6.59. The zero-order chi connectivity index (χ0) is 13.7. The summed E-state index contributed by atoms with van der Waals surface area (Å²) in [6.45, 7) is 5.06. The van der Waals surface area contributed by atoms with Crippen molar-refractivity contribution in [3.63, 3.8) is 0 Å². The number of halogens is 1. The molecule has 1 aromatic carbocycles. The van der Waals surface area contributed by atoms with Crippen LogP contribution in [0.4, 0.5) is 0 Å². The summed E-state index contributed by atoms with van der Waals surface area (Å²) in [5.74, 6) is 0. The minimum atomic E-state index is 0.224. The van der Waals surface area contributed by atoms with Gasteiger partial charge in [0.05, 0.1) is 0 Å². The molecule has 0 fully saturated rings. The standard InChI is InChI=1S/C16H19ClN2/c1-3-19-15(10-13-7-5-9-18-11-13)14-8-4-6-12(2)16(14)17/h4-9,11,15,19H,3,10H2,1-2H3. The monoisotopic (exact) mass is 274 g/mol. The van der Waals surface area contributed by atoms with Crippen molar-refractivity contribution in [2.24, 2.45) is 0 Å². The lowest BCUT2D eigenvalue weighted by Gasteiger charge is -2.20. The minimum Gasteiger partial charge on any atom is -0.310 e. The molecule has 1 atom stereocenters. The zero-order valence-corrected chi connectivity index (χ0v) is 12.1. The van der Waals surface area contributed by atoms with Crippen LogP contribution in [0.5, 0.6) is 0 Å². The van der Waals surface area contributed by atoms with E-state index >= 15 is 0 Å². The molecule has 0 saturated heterocycles. The Morgan fingerprint density at radius 2 is 2.11 bits per heavy atom. The summed E-state index contributed by atoms with van der Waals surface area (Å²) < 4.78 is 0. The number of benzene rings is 1. The highest BCUT2D eigenvalue weighted by molar-refractivity contribution is 6.32. The van der Waals surface area contributed by atoms with E-state index in [2.05, 4.69) is 35.4 Å². The molecule has 0 spiro atoms. The van der Waals surface area contributed by atoms with Crippen molar-refractivity contribution in [3.8, 4) is 0 Å². The molecule has 0 aliphatic carbocycles. The molecule has 2 rings (SSSR count). The van der Waals surface area contributed by atoms with Crippen molar-refractivity contribution in [1.82, 2.24) is 10.3 Å². The first-order valence-corrected chi connectivity index (χ1v) is 6.97. The third-order valence-electron chi connectivity index (χ3n) is 3.21. The lowest BCUT2D eigenvalue weighted by atomic mass is 9.98. The lowest BCUT2D eigenvalue weighted by Crippen LogP contribution is -2.23. The summed E-state index contributed by atoms with van der Waals surface area (Å²) >= 11 is 6.43. The van der Waals surface area contributed by atoms with Crippen molar-refractivity contribution in [1.29, 1.82) is 0 Å². The molecule has 0 amide bonds. The molecule has 0 aliphatic rings. The van der Waals surface area contributed by atoms with Crippen LogP contribution in [0.3, 0.4) is 0 Å². The number of nitrogens with one attached hydrogen (secondary N) is 1. The fourth-order valence-corrected chi connectivity index (χ4v) is 2.49. The quantitative estimate of drug-likeness (QED) is 0.893. The van der Waals surface area contributed by atoms with Gasteiger partial charge in [-0.05, 0) is 42.6 Å². The number of pyridine rings is 1. The molecule has 1 unspecified atom stereocenters. The second-order valence-corrected chi connectivity index (χ2v) is 5.03. The van der Waals surface area contributed by atoms with Gasteiger partial charge < -0.3 is 5.32 Å². The van der Waals surface area contributed by atoms with E-state index < -0.39 is 0 Å². The second kappa shape index (κ2) is 6.69. The van der Waals surface area contributed by atoms with Crippen molar-refractivity contribution < 1.29 is 0 Å². The van der Waals surface area contributed by atoms with Crippen molar-refractivity contribution in [2.75, 3.05) is 6.54 Å². The third kappa shape index (κ3) is 3.55. The number of rotatable bonds is 5. The van der Waals surface area contributed by atoms with E-state index in [1.54, 1.807) is 6.20 Å². The highest BCUT2D eigenvalue weighted by Crippen LogP contribution is 2.28. The van der Waals surface area contributed by atoms with Crippen LogP contribution >= 0.6 is 11.6 Å². The predicted octanol–water partition coefficient (Wildman–Crippen LogP) is 3.94. The molecule has 100 valence electrons. The van der Waals surface area contributed by atoms with Crippen LogP contribution in [-0.4, -0.2) is 11.5 Å². The van der Waals surface area contributed by atoms with Crippen molar-refractivity contribution in [2.45, 2.75) is 26.3 Å². The lowest BCUT2D eigenvalue weighted by molar-refractivity contribution is 0.549. The van der Waals surface area contributed by atoms with Gasteiger partial charge in [-0.25, -0.2) is 0 Å².